The highest BCUT2D eigenvalue weighted by atomic mass is 28.3. The SMILES string of the molecule is C(#C[Si](c1ccccc1)(c1ccccc1)c1ccc2oc3ccccc3c2c1)c1c2ccccc2c(-n2c3ccccc3c3ccc(-n4c5ccccc5c5ccccc54)cc32)c2ccccc12. The van der Waals surface area contributed by atoms with E-state index in [-0.39, 0.29) is 0 Å². The molecular weight excluding hydrogens is 841 g/mol. The fourth-order valence-electron chi connectivity index (χ4n) is 11.2. The topological polar surface area (TPSA) is 23.0 Å². The van der Waals surface area contributed by atoms with Crippen molar-refractivity contribution >= 4 is 111 Å². The largest absolute Gasteiger partial charge is 0.456 e. The summed E-state index contributed by atoms with van der Waals surface area (Å²) in [7, 11) is -3.08. The lowest BCUT2D eigenvalue weighted by molar-refractivity contribution is 0.669. The van der Waals surface area contributed by atoms with Gasteiger partial charge in [0.15, 0.2) is 0 Å². The Morgan fingerprint density at radius 3 is 1.35 bits per heavy atom. The van der Waals surface area contributed by atoms with E-state index in [1.54, 1.807) is 0 Å². The van der Waals surface area contributed by atoms with Crippen LogP contribution < -0.4 is 15.6 Å². The van der Waals surface area contributed by atoms with Crippen LogP contribution in [-0.2, 0) is 0 Å². The molecule has 0 radical (unpaired) electrons. The minimum atomic E-state index is -3.08. The molecule has 11 aromatic carbocycles. The molecular formula is C64H40N2OSi. The Labute approximate surface area is 393 Å². The second kappa shape index (κ2) is 15.1. The van der Waals surface area contributed by atoms with E-state index in [1.165, 1.54) is 48.1 Å². The molecule has 316 valence electrons. The lowest BCUT2D eigenvalue weighted by Gasteiger charge is -2.28. The average Bonchev–Trinajstić information content (AvgIpc) is 4.06. The van der Waals surface area contributed by atoms with Crippen LogP contribution in [-0.4, -0.2) is 17.2 Å². The Morgan fingerprint density at radius 2 is 0.765 bits per heavy atom. The zero-order valence-electron chi connectivity index (χ0n) is 36.9. The normalized spacial score (nSPS) is 12.0. The molecule has 3 heterocycles. The smallest absolute Gasteiger partial charge is 0.230 e. The monoisotopic (exact) mass is 880 g/mol. The van der Waals surface area contributed by atoms with Gasteiger partial charge in [-0.25, -0.2) is 0 Å². The first-order chi connectivity index (χ1) is 33.7. The molecule has 0 spiro atoms. The number of nitrogens with zero attached hydrogens (tertiary/aromatic N) is 2. The van der Waals surface area contributed by atoms with Crippen LogP contribution in [0.25, 0.3) is 98.5 Å². The maximum absolute atomic E-state index is 6.39. The van der Waals surface area contributed by atoms with Crippen LogP contribution in [0.3, 0.4) is 0 Å². The Morgan fingerprint density at radius 1 is 0.309 bits per heavy atom. The molecule has 0 unspecified atom stereocenters. The average molecular weight is 881 g/mol. The van der Waals surface area contributed by atoms with E-state index in [0.29, 0.717) is 0 Å². The number of benzene rings is 11. The minimum absolute atomic E-state index is 0.881. The predicted molar refractivity (Wildman–Crippen MR) is 288 cm³/mol. The van der Waals surface area contributed by atoms with Gasteiger partial charge in [-0.3, -0.25) is 0 Å². The van der Waals surface area contributed by atoms with Crippen molar-refractivity contribution in [1.29, 1.82) is 0 Å². The molecule has 68 heavy (non-hydrogen) atoms. The molecule has 0 aliphatic carbocycles. The van der Waals surface area contributed by atoms with Crippen molar-refractivity contribution in [1.82, 2.24) is 9.13 Å². The summed E-state index contributed by atoms with van der Waals surface area (Å²) in [5.41, 5.74) is 14.0. The van der Waals surface area contributed by atoms with Crippen LogP contribution in [0.5, 0.6) is 0 Å². The van der Waals surface area contributed by atoms with E-state index in [2.05, 4.69) is 257 Å². The fraction of sp³-hybridized carbons (Fsp3) is 0. The third-order valence-corrected chi connectivity index (χ3v) is 18.3. The van der Waals surface area contributed by atoms with Crippen molar-refractivity contribution in [2.24, 2.45) is 0 Å². The van der Waals surface area contributed by atoms with E-state index < -0.39 is 8.07 Å². The first-order valence-electron chi connectivity index (χ1n) is 23.3. The van der Waals surface area contributed by atoms with Gasteiger partial charge in [0.25, 0.3) is 0 Å². The first-order valence-corrected chi connectivity index (χ1v) is 25.3. The highest BCUT2D eigenvalue weighted by molar-refractivity contribution is 7.17. The molecule has 0 aliphatic rings. The van der Waals surface area contributed by atoms with E-state index in [1.807, 2.05) is 6.07 Å². The Bertz CT molecular complexity index is 4240. The third kappa shape index (κ3) is 5.61. The van der Waals surface area contributed by atoms with Gasteiger partial charge in [0, 0.05) is 65.1 Å². The number of furan rings is 1. The molecule has 0 fully saturated rings. The Balaban J connectivity index is 1.06. The number of aromatic nitrogens is 2. The van der Waals surface area contributed by atoms with Gasteiger partial charge < -0.3 is 13.6 Å². The molecule has 0 N–H and O–H groups in total. The zero-order chi connectivity index (χ0) is 44.8. The Hall–Kier alpha value is -8.88. The lowest BCUT2D eigenvalue weighted by atomic mass is 9.95. The summed E-state index contributed by atoms with van der Waals surface area (Å²) in [4.78, 5) is 0. The summed E-state index contributed by atoms with van der Waals surface area (Å²) in [6.45, 7) is 0. The van der Waals surface area contributed by atoms with Crippen LogP contribution in [0.2, 0.25) is 0 Å². The lowest BCUT2D eigenvalue weighted by Crippen LogP contribution is -2.66. The molecule has 0 aliphatic heterocycles. The van der Waals surface area contributed by atoms with Crippen molar-refractivity contribution in [3.63, 3.8) is 0 Å². The van der Waals surface area contributed by atoms with Crippen LogP contribution in [0, 0.1) is 11.5 Å². The van der Waals surface area contributed by atoms with Crippen molar-refractivity contribution in [3.8, 4) is 22.8 Å². The quantitative estimate of drug-likeness (QED) is 0.0731. The number of fused-ring (bicyclic) bond motifs is 11. The molecule has 0 bridgehead atoms. The second-order valence-corrected chi connectivity index (χ2v) is 21.3. The minimum Gasteiger partial charge on any atom is -0.456 e. The van der Waals surface area contributed by atoms with E-state index in [0.717, 1.165) is 71.5 Å². The van der Waals surface area contributed by atoms with Crippen LogP contribution in [0.4, 0.5) is 0 Å². The summed E-state index contributed by atoms with van der Waals surface area (Å²) in [5, 5.41) is 15.4. The first kappa shape index (κ1) is 38.4. The maximum Gasteiger partial charge on any atom is 0.230 e. The third-order valence-electron chi connectivity index (χ3n) is 14.2. The van der Waals surface area contributed by atoms with Crippen molar-refractivity contribution in [2.45, 2.75) is 0 Å². The van der Waals surface area contributed by atoms with E-state index in [9.17, 15) is 0 Å². The molecule has 4 heteroatoms. The number of rotatable bonds is 5. The highest BCUT2D eigenvalue weighted by Crippen LogP contribution is 2.42. The van der Waals surface area contributed by atoms with Crippen molar-refractivity contribution in [3.05, 3.63) is 248 Å². The molecule has 3 aromatic heterocycles. The maximum atomic E-state index is 6.39. The van der Waals surface area contributed by atoms with E-state index in [4.69, 9.17) is 4.42 Å². The highest BCUT2D eigenvalue weighted by Gasteiger charge is 2.39. The summed E-state index contributed by atoms with van der Waals surface area (Å²) in [6, 6.07) is 88.2. The zero-order valence-corrected chi connectivity index (χ0v) is 37.9. The van der Waals surface area contributed by atoms with Gasteiger partial charge in [-0.2, -0.15) is 0 Å². The van der Waals surface area contributed by atoms with Crippen molar-refractivity contribution < 1.29 is 4.42 Å². The number of para-hydroxylation sites is 4. The molecule has 14 aromatic rings. The standard InChI is InChI=1S/C64H40N2OSi/c1-3-19-44(20-4-1)68(45-21-5-2-6-22-45,46-36-38-63-57(42-46)54-28-14-18-34-62(54)67-63)40-39-49-47-23-7-9-29-55(47)64(56-30-10-8-24-48(49)56)66-60-33-17-13-27-52(60)53-37-35-43(41-61(53)66)65-58-31-15-11-25-50(58)51-26-12-16-32-59(51)65/h1-38,41-42H. The van der Waals surface area contributed by atoms with Gasteiger partial charge in [0.2, 0.25) is 8.07 Å². The number of hydrogen-bond donors (Lipinski definition) is 0. The van der Waals surface area contributed by atoms with Crippen LogP contribution in [0.1, 0.15) is 5.56 Å². The fourth-order valence-corrected chi connectivity index (χ4v) is 15.1. The van der Waals surface area contributed by atoms with E-state index >= 15 is 0 Å². The summed E-state index contributed by atoms with van der Waals surface area (Å²) in [6.07, 6.45) is 0. The summed E-state index contributed by atoms with van der Waals surface area (Å²) >= 11 is 0. The number of hydrogen-bond acceptors (Lipinski definition) is 1. The van der Waals surface area contributed by atoms with Gasteiger partial charge in [0.1, 0.15) is 11.2 Å². The van der Waals surface area contributed by atoms with Crippen LogP contribution >= 0.6 is 0 Å². The molecule has 0 atom stereocenters. The van der Waals surface area contributed by atoms with Crippen molar-refractivity contribution in [2.75, 3.05) is 0 Å². The molecule has 14 rings (SSSR count). The van der Waals surface area contributed by atoms with Gasteiger partial charge in [-0.1, -0.05) is 200 Å². The van der Waals surface area contributed by atoms with Gasteiger partial charge >= 0.3 is 0 Å². The van der Waals surface area contributed by atoms with Gasteiger partial charge in [0.05, 0.1) is 27.8 Å². The van der Waals surface area contributed by atoms with Gasteiger partial charge in [-0.05, 0) is 64.1 Å². The molecule has 3 nitrogen and oxygen atoms in total. The predicted octanol–water partition coefficient (Wildman–Crippen LogP) is 14.1. The summed E-state index contributed by atoms with van der Waals surface area (Å²) < 4.78 is 11.3. The molecule has 0 saturated carbocycles. The second-order valence-electron chi connectivity index (χ2n) is 17.8. The Kier molecular flexibility index (Phi) is 8.52. The molecule has 0 amide bonds. The molecule has 0 saturated heterocycles. The summed E-state index contributed by atoms with van der Waals surface area (Å²) in [5.74, 6) is 4.03. The van der Waals surface area contributed by atoms with Crippen LogP contribution in [0.15, 0.2) is 247 Å². The van der Waals surface area contributed by atoms with Gasteiger partial charge in [-0.15, -0.1) is 5.54 Å².